The van der Waals surface area contributed by atoms with Crippen LogP contribution >= 0.6 is 0 Å². The molecule has 0 aromatic rings. The Kier molecular flexibility index (Phi) is 11.9. The highest BCUT2D eigenvalue weighted by Gasteiger charge is 2.60. The molecule has 4 aliphatic carbocycles. The Balaban J connectivity index is 1.19. The Bertz CT molecular complexity index is 777. The lowest BCUT2D eigenvalue weighted by atomic mass is 9.44. The van der Waals surface area contributed by atoms with Crippen LogP contribution in [-0.4, -0.2) is 23.8 Å². The number of carbonyl (C=O) groups is 1. The van der Waals surface area contributed by atoms with E-state index >= 15 is 0 Å². The summed E-state index contributed by atoms with van der Waals surface area (Å²) in [5, 5.41) is 8.74. The second kappa shape index (κ2) is 14.7. The average Bonchev–Trinajstić information content (AvgIpc) is 3.26. The number of aliphatic carboxylic acids is 1. The van der Waals surface area contributed by atoms with E-state index in [0.29, 0.717) is 23.4 Å². The fraction of sp³-hybridized carbons (Fsp3) is 0.973. The fourth-order valence-corrected chi connectivity index (χ4v) is 10.9. The molecule has 9 atom stereocenters. The summed E-state index contributed by atoms with van der Waals surface area (Å²) in [5.41, 5.74) is 1.17. The number of carboxylic acid groups (broad SMARTS) is 1. The molecule has 0 radical (unpaired) electrons. The maximum atomic E-state index is 10.6. The number of hydrogen-bond donors (Lipinski definition) is 1. The van der Waals surface area contributed by atoms with E-state index in [4.69, 9.17) is 9.84 Å². The Labute approximate surface area is 248 Å². The second-order valence-electron chi connectivity index (χ2n) is 16.1. The van der Waals surface area contributed by atoms with Crippen LogP contribution in [-0.2, 0) is 9.53 Å². The molecule has 3 nitrogen and oxygen atoms in total. The van der Waals surface area contributed by atoms with Gasteiger partial charge in [0.2, 0.25) is 0 Å². The minimum Gasteiger partial charge on any atom is -0.481 e. The standard InChI is InChI=1S/C37H66O3/c1-27(2)14-13-15-28(3)32-19-20-33-31-18-17-29-26-30(21-23-36(29,4)34(31)22-24-37(32,33)5)40-25-12-10-8-6-7-9-11-16-35(38)39/h27-34H,6-26H2,1-5H3,(H,38,39)/t28-,29+,30+,31+,32-,33+,34+,36+,37-/m1/s1. The summed E-state index contributed by atoms with van der Waals surface area (Å²) in [6.07, 6.45) is 26.1. The van der Waals surface area contributed by atoms with Gasteiger partial charge in [0.15, 0.2) is 0 Å². The molecule has 0 unspecified atom stereocenters. The predicted molar refractivity (Wildman–Crippen MR) is 167 cm³/mol. The molecule has 0 aromatic heterocycles. The lowest BCUT2D eigenvalue weighted by Crippen LogP contribution is -2.54. The molecule has 0 aromatic carbocycles. The highest BCUT2D eigenvalue weighted by Crippen LogP contribution is 2.68. The van der Waals surface area contributed by atoms with Crippen LogP contribution in [0.2, 0.25) is 0 Å². The maximum Gasteiger partial charge on any atom is 0.303 e. The molecule has 1 N–H and O–H groups in total. The first-order chi connectivity index (χ1) is 19.1. The molecular weight excluding hydrogens is 492 g/mol. The number of fused-ring (bicyclic) bond motifs is 5. The lowest BCUT2D eigenvalue weighted by molar-refractivity contribution is -0.137. The van der Waals surface area contributed by atoms with Gasteiger partial charge in [0.25, 0.3) is 0 Å². The monoisotopic (exact) mass is 559 g/mol. The molecule has 40 heavy (non-hydrogen) atoms. The molecule has 0 aliphatic heterocycles. The van der Waals surface area contributed by atoms with Crippen molar-refractivity contribution in [2.24, 2.45) is 52.3 Å². The van der Waals surface area contributed by atoms with Crippen LogP contribution in [0, 0.1) is 52.3 Å². The van der Waals surface area contributed by atoms with Gasteiger partial charge in [-0.2, -0.15) is 0 Å². The van der Waals surface area contributed by atoms with E-state index < -0.39 is 5.97 Å². The van der Waals surface area contributed by atoms with Crippen molar-refractivity contribution in [3.05, 3.63) is 0 Å². The van der Waals surface area contributed by atoms with Gasteiger partial charge in [0.1, 0.15) is 0 Å². The normalized spacial score (nSPS) is 38.0. The minimum absolute atomic E-state index is 0.328. The summed E-state index contributed by atoms with van der Waals surface area (Å²) in [4.78, 5) is 10.6. The maximum absolute atomic E-state index is 10.6. The topological polar surface area (TPSA) is 46.5 Å². The van der Waals surface area contributed by atoms with E-state index in [1.165, 1.54) is 109 Å². The number of rotatable bonds is 16. The summed E-state index contributed by atoms with van der Waals surface area (Å²) in [6, 6.07) is 0. The van der Waals surface area contributed by atoms with Crippen molar-refractivity contribution >= 4 is 5.97 Å². The van der Waals surface area contributed by atoms with E-state index in [-0.39, 0.29) is 0 Å². The van der Waals surface area contributed by atoms with Crippen molar-refractivity contribution in [3.8, 4) is 0 Å². The van der Waals surface area contributed by atoms with E-state index in [2.05, 4.69) is 34.6 Å². The van der Waals surface area contributed by atoms with Crippen molar-refractivity contribution in [1.82, 2.24) is 0 Å². The third kappa shape index (κ3) is 7.68. The highest BCUT2D eigenvalue weighted by molar-refractivity contribution is 5.66. The van der Waals surface area contributed by atoms with Gasteiger partial charge in [-0.15, -0.1) is 0 Å². The van der Waals surface area contributed by atoms with Gasteiger partial charge >= 0.3 is 5.97 Å². The van der Waals surface area contributed by atoms with E-state index in [1.54, 1.807) is 0 Å². The van der Waals surface area contributed by atoms with Crippen LogP contribution in [0.25, 0.3) is 0 Å². The van der Waals surface area contributed by atoms with Crippen LogP contribution in [0.3, 0.4) is 0 Å². The molecule has 4 aliphatic rings. The zero-order chi connectivity index (χ0) is 28.8. The molecule has 0 bridgehead atoms. The van der Waals surface area contributed by atoms with Crippen molar-refractivity contribution in [2.75, 3.05) is 6.61 Å². The molecule has 0 heterocycles. The first kappa shape index (κ1) is 32.3. The van der Waals surface area contributed by atoms with Gasteiger partial charge in [-0.1, -0.05) is 86.0 Å². The molecule has 0 spiro atoms. The third-order valence-electron chi connectivity index (χ3n) is 13.2. The quantitative estimate of drug-likeness (QED) is 0.192. The zero-order valence-corrected chi connectivity index (χ0v) is 27.2. The first-order valence-electron chi connectivity index (χ1n) is 18.0. The number of carboxylic acids is 1. The molecule has 4 fully saturated rings. The van der Waals surface area contributed by atoms with E-state index in [0.717, 1.165) is 60.9 Å². The summed E-state index contributed by atoms with van der Waals surface area (Å²) in [7, 11) is 0. The molecule has 0 amide bonds. The van der Waals surface area contributed by atoms with Crippen molar-refractivity contribution in [2.45, 2.75) is 169 Å². The zero-order valence-electron chi connectivity index (χ0n) is 27.2. The molecule has 3 heteroatoms. The number of ether oxygens (including phenoxy) is 1. The highest BCUT2D eigenvalue weighted by atomic mass is 16.5. The number of hydrogen-bond acceptors (Lipinski definition) is 2. The Morgan fingerprint density at radius 2 is 1.45 bits per heavy atom. The van der Waals surface area contributed by atoms with Crippen LogP contribution in [0.1, 0.15) is 163 Å². The second-order valence-corrected chi connectivity index (χ2v) is 16.1. The SMILES string of the molecule is CC(C)CCC[C@@H](C)[C@H]1CC[C@H]2[C@@H]3CC[C@H]4C[C@@H](OCCCCCCCCCC(=O)O)CC[C@]4(C)[C@H]3CC[C@]12C. The van der Waals surface area contributed by atoms with Crippen molar-refractivity contribution in [1.29, 1.82) is 0 Å². The van der Waals surface area contributed by atoms with Crippen LogP contribution in [0.5, 0.6) is 0 Å². The summed E-state index contributed by atoms with van der Waals surface area (Å²) >= 11 is 0. The Morgan fingerprint density at radius 1 is 0.775 bits per heavy atom. The lowest BCUT2D eigenvalue weighted by Gasteiger charge is -2.61. The van der Waals surface area contributed by atoms with Gasteiger partial charge in [-0.25, -0.2) is 0 Å². The first-order valence-corrected chi connectivity index (χ1v) is 18.0. The third-order valence-corrected chi connectivity index (χ3v) is 13.2. The van der Waals surface area contributed by atoms with E-state index in [9.17, 15) is 4.79 Å². The van der Waals surface area contributed by atoms with Crippen molar-refractivity contribution in [3.63, 3.8) is 0 Å². The fourth-order valence-electron chi connectivity index (χ4n) is 10.9. The van der Waals surface area contributed by atoms with Gasteiger partial charge < -0.3 is 9.84 Å². The van der Waals surface area contributed by atoms with Crippen LogP contribution in [0.4, 0.5) is 0 Å². The minimum atomic E-state index is -0.658. The Hall–Kier alpha value is -0.570. The van der Waals surface area contributed by atoms with Gasteiger partial charge in [0.05, 0.1) is 6.10 Å². The predicted octanol–water partition coefficient (Wildman–Crippen LogP) is 10.7. The molecule has 232 valence electrons. The van der Waals surface area contributed by atoms with Crippen molar-refractivity contribution < 1.29 is 14.6 Å². The van der Waals surface area contributed by atoms with Gasteiger partial charge in [0, 0.05) is 13.0 Å². The van der Waals surface area contributed by atoms with Gasteiger partial charge in [-0.3, -0.25) is 4.79 Å². The summed E-state index contributed by atoms with van der Waals surface area (Å²) < 4.78 is 6.49. The molecular formula is C37H66O3. The molecule has 0 saturated heterocycles. The summed E-state index contributed by atoms with van der Waals surface area (Å²) in [5.74, 6) is 5.92. The number of unbranched alkanes of at least 4 members (excludes halogenated alkanes) is 6. The van der Waals surface area contributed by atoms with Crippen LogP contribution < -0.4 is 0 Å². The largest absolute Gasteiger partial charge is 0.481 e. The van der Waals surface area contributed by atoms with E-state index in [1.807, 2.05) is 0 Å². The Morgan fingerprint density at radius 3 is 2.17 bits per heavy atom. The molecule has 4 rings (SSSR count). The van der Waals surface area contributed by atoms with Gasteiger partial charge in [-0.05, 0) is 123 Å². The van der Waals surface area contributed by atoms with Crippen LogP contribution in [0.15, 0.2) is 0 Å². The summed E-state index contributed by atoms with van der Waals surface area (Å²) in [6.45, 7) is 13.8. The average molecular weight is 559 g/mol. The smallest absolute Gasteiger partial charge is 0.303 e. The molecule has 4 saturated carbocycles.